The van der Waals surface area contributed by atoms with E-state index in [1.807, 2.05) is 0 Å². The van der Waals surface area contributed by atoms with Gasteiger partial charge in [-0.3, -0.25) is 4.79 Å². The molecule has 0 saturated heterocycles. The van der Waals surface area contributed by atoms with Crippen LogP contribution in [0.2, 0.25) is 0 Å². The van der Waals surface area contributed by atoms with E-state index >= 15 is 0 Å². The minimum Gasteiger partial charge on any atom is -0.484 e. The summed E-state index contributed by atoms with van der Waals surface area (Å²) < 4.78 is 41.8. The van der Waals surface area contributed by atoms with E-state index in [4.69, 9.17) is 10.5 Å². The van der Waals surface area contributed by atoms with Gasteiger partial charge in [0.1, 0.15) is 12.3 Å². The third kappa shape index (κ3) is 5.50. The highest BCUT2D eigenvalue weighted by Crippen LogP contribution is 2.17. The van der Waals surface area contributed by atoms with Crippen molar-refractivity contribution in [1.82, 2.24) is 4.90 Å². The van der Waals surface area contributed by atoms with E-state index < -0.39 is 25.2 Å². The summed E-state index contributed by atoms with van der Waals surface area (Å²) in [5.74, 6) is -0.376. The van der Waals surface area contributed by atoms with Crippen LogP contribution in [0.25, 0.3) is 0 Å². The van der Waals surface area contributed by atoms with E-state index in [1.165, 1.54) is 13.0 Å². The maximum absolute atomic E-state index is 12.2. The molecule has 0 spiro atoms. The van der Waals surface area contributed by atoms with Gasteiger partial charge in [0.05, 0.1) is 0 Å². The summed E-state index contributed by atoms with van der Waals surface area (Å²) in [6, 6.07) is 6.33. The third-order valence-corrected chi connectivity index (χ3v) is 2.32. The standard InChI is InChI=1S/C12H15F3N2O2/c1-2-17(8-12(13,14)15)11(18)7-19-10-5-3-4-9(16)6-10/h3-6H,2,7-8,16H2,1H3. The highest BCUT2D eigenvalue weighted by Gasteiger charge is 2.32. The maximum atomic E-state index is 12.2. The fourth-order valence-corrected chi connectivity index (χ4v) is 1.43. The Morgan fingerprint density at radius 2 is 2.11 bits per heavy atom. The van der Waals surface area contributed by atoms with Crippen LogP contribution in [0.4, 0.5) is 18.9 Å². The lowest BCUT2D eigenvalue weighted by Gasteiger charge is -2.22. The number of hydrogen-bond donors (Lipinski definition) is 1. The molecule has 1 amide bonds. The van der Waals surface area contributed by atoms with Crippen LogP contribution in [0.5, 0.6) is 5.75 Å². The van der Waals surface area contributed by atoms with Crippen molar-refractivity contribution in [3.05, 3.63) is 24.3 Å². The predicted octanol–water partition coefficient (Wildman–Crippen LogP) is 2.06. The number of nitrogens with zero attached hydrogens (tertiary/aromatic N) is 1. The lowest BCUT2D eigenvalue weighted by Crippen LogP contribution is -2.41. The Balaban J connectivity index is 2.54. The number of halogens is 3. The predicted molar refractivity (Wildman–Crippen MR) is 64.7 cm³/mol. The van der Waals surface area contributed by atoms with Crippen molar-refractivity contribution in [1.29, 1.82) is 0 Å². The number of amides is 1. The van der Waals surface area contributed by atoms with E-state index in [9.17, 15) is 18.0 Å². The maximum Gasteiger partial charge on any atom is 0.406 e. The first-order chi connectivity index (χ1) is 8.81. The number of carbonyl (C=O) groups excluding carboxylic acids is 1. The first kappa shape index (κ1) is 15.1. The summed E-state index contributed by atoms with van der Waals surface area (Å²) in [5.41, 5.74) is 5.96. The summed E-state index contributed by atoms with van der Waals surface area (Å²) >= 11 is 0. The second-order valence-corrected chi connectivity index (χ2v) is 3.88. The molecule has 4 nitrogen and oxygen atoms in total. The number of carbonyl (C=O) groups is 1. The Bertz CT molecular complexity index is 435. The molecule has 19 heavy (non-hydrogen) atoms. The zero-order valence-corrected chi connectivity index (χ0v) is 10.4. The SMILES string of the molecule is CCN(CC(F)(F)F)C(=O)COc1cccc(N)c1. The number of nitrogen functional groups attached to an aromatic ring is 1. The molecule has 0 aliphatic carbocycles. The molecule has 106 valence electrons. The number of nitrogens with two attached hydrogens (primary N) is 1. The molecule has 0 saturated carbocycles. The highest BCUT2D eigenvalue weighted by atomic mass is 19.4. The van der Waals surface area contributed by atoms with Gasteiger partial charge in [-0.15, -0.1) is 0 Å². The number of anilines is 1. The van der Waals surface area contributed by atoms with Crippen molar-refractivity contribution in [2.24, 2.45) is 0 Å². The molecule has 0 fully saturated rings. The Morgan fingerprint density at radius 1 is 1.42 bits per heavy atom. The summed E-state index contributed by atoms with van der Waals surface area (Å²) in [7, 11) is 0. The van der Waals surface area contributed by atoms with Crippen LogP contribution < -0.4 is 10.5 Å². The highest BCUT2D eigenvalue weighted by molar-refractivity contribution is 5.77. The van der Waals surface area contributed by atoms with Gasteiger partial charge in [0.15, 0.2) is 6.61 Å². The first-order valence-electron chi connectivity index (χ1n) is 5.64. The first-order valence-corrected chi connectivity index (χ1v) is 5.64. The number of likely N-dealkylation sites (N-methyl/N-ethyl adjacent to an activating group) is 1. The fourth-order valence-electron chi connectivity index (χ4n) is 1.43. The van der Waals surface area contributed by atoms with Gasteiger partial charge in [-0.25, -0.2) is 0 Å². The minimum atomic E-state index is -4.41. The second-order valence-electron chi connectivity index (χ2n) is 3.88. The Morgan fingerprint density at radius 3 is 2.63 bits per heavy atom. The Labute approximate surface area is 108 Å². The van der Waals surface area contributed by atoms with Crippen LogP contribution in [0, 0.1) is 0 Å². The van der Waals surface area contributed by atoms with Gasteiger partial charge in [0.25, 0.3) is 5.91 Å². The molecular weight excluding hydrogens is 261 g/mol. The molecule has 1 rings (SSSR count). The molecule has 0 bridgehead atoms. The lowest BCUT2D eigenvalue weighted by molar-refractivity contribution is -0.161. The molecule has 1 aromatic rings. The number of ether oxygens (including phenoxy) is 1. The minimum absolute atomic E-state index is 0.0291. The molecule has 2 N–H and O–H groups in total. The van der Waals surface area contributed by atoms with E-state index in [0.29, 0.717) is 16.3 Å². The smallest absolute Gasteiger partial charge is 0.406 e. The monoisotopic (exact) mass is 276 g/mol. The lowest BCUT2D eigenvalue weighted by atomic mass is 10.3. The summed E-state index contributed by atoms with van der Waals surface area (Å²) in [6.07, 6.45) is -4.41. The van der Waals surface area contributed by atoms with Crippen molar-refractivity contribution >= 4 is 11.6 Å². The van der Waals surface area contributed by atoms with Gasteiger partial charge in [0.2, 0.25) is 0 Å². The molecule has 0 aromatic heterocycles. The Kier molecular flexibility index (Phi) is 5.02. The van der Waals surface area contributed by atoms with Gasteiger partial charge in [0, 0.05) is 18.3 Å². The number of hydrogen-bond acceptors (Lipinski definition) is 3. The van der Waals surface area contributed by atoms with Crippen molar-refractivity contribution in [2.75, 3.05) is 25.4 Å². The molecule has 0 atom stereocenters. The molecule has 0 radical (unpaired) electrons. The van der Waals surface area contributed by atoms with Crippen molar-refractivity contribution in [2.45, 2.75) is 13.1 Å². The normalized spacial score (nSPS) is 11.2. The number of benzene rings is 1. The van der Waals surface area contributed by atoms with Gasteiger partial charge >= 0.3 is 6.18 Å². The van der Waals surface area contributed by atoms with E-state index in [2.05, 4.69) is 0 Å². The average Bonchev–Trinajstić information content (AvgIpc) is 2.32. The average molecular weight is 276 g/mol. The van der Waals surface area contributed by atoms with Crippen LogP contribution in [0.1, 0.15) is 6.92 Å². The van der Waals surface area contributed by atoms with E-state index in [-0.39, 0.29) is 6.54 Å². The summed E-state index contributed by atoms with van der Waals surface area (Å²) in [6.45, 7) is -0.279. The topological polar surface area (TPSA) is 55.6 Å². The largest absolute Gasteiger partial charge is 0.484 e. The van der Waals surface area contributed by atoms with Crippen molar-refractivity contribution in [3.63, 3.8) is 0 Å². The van der Waals surface area contributed by atoms with Gasteiger partial charge in [-0.1, -0.05) is 6.07 Å². The number of alkyl halides is 3. The van der Waals surface area contributed by atoms with Crippen molar-refractivity contribution in [3.8, 4) is 5.75 Å². The molecule has 0 aliphatic heterocycles. The van der Waals surface area contributed by atoms with Crippen LogP contribution in [-0.4, -0.2) is 36.7 Å². The Hall–Kier alpha value is -1.92. The van der Waals surface area contributed by atoms with Gasteiger partial charge in [-0.2, -0.15) is 13.2 Å². The van der Waals surface area contributed by atoms with Gasteiger partial charge < -0.3 is 15.4 Å². The molecule has 0 unspecified atom stereocenters. The molecule has 7 heteroatoms. The zero-order chi connectivity index (χ0) is 14.5. The molecule has 0 aliphatic rings. The van der Waals surface area contributed by atoms with Gasteiger partial charge in [-0.05, 0) is 19.1 Å². The number of rotatable bonds is 5. The van der Waals surface area contributed by atoms with Crippen LogP contribution in [0.15, 0.2) is 24.3 Å². The summed E-state index contributed by atoms with van der Waals surface area (Å²) in [4.78, 5) is 12.3. The van der Waals surface area contributed by atoms with E-state index in [0.717, 1.165) is 0 Å². The quantitative estimate of drug-likeness (QED) is 0.837. The van der Waals surface area contributed by atoms with Crippen LogP contribution in [-0.2, 0) is 4.79 Å². The molecular formula is C12H15F3N2O2. The van der Waals surface area contributed by atoms with E-state index in [1.54, 1.807) is 18.2 Å². The molecule has 1 aromatic carbocycles. The van der Waals surface area contributed by atoms with Crippen molar-refractivity contribution < 1.29 is 22.7 Å². The van der Waals surface area contributed by atoms with Crippen LogP contribution in [0.3, 0.4) is 0 Å². The fraction of sp³-hybridized carbons (Fsp3) is 0.417. The zero-order valence-electron chi connectivity index (χ0n) is 10.4. The second kappa shape index (κ2) is 6.31. The third-order valence-electron chi connectivity index (χ3n) is 2.32. The van der Waals surface area contributed by atoms with Crippen LogP contribution >= 0.6 is 0 Å². The molecule has 0 heterocycles. The summed E-state index contributed by atoms with van der Waals surface area (Å²) in [5, 5.41) is 0.